The van der Waals surface area contributed by atoms with Crippen LogP contribution in [0.15, 0.2) is 63.9 Å². The minimum Gasteiger partial charge on any atom is -0.459 e. The molecule has 1 N–H and O–H groups in total. The molecule has 1 aliphatic rings. The second-order valence-electron chi connectivity index (χ2n) is 6.21. The van der Waals surface area contributed by atoms with E-state index in [1.807, 2.05) is 61.2 Å². The summed E-state index contributed by atoms with van der Waals surface area (Å²) in [6.45, 7) is 3.20. The van der Waals surface area contributed by atoms with Gasteiger partial charge in [0.15, 0.2) is 0 Å². The van der Waals surface area contributed by atoms with Crippen molar-refractivity contribution in [1.29, 1.82) is 0 Å². The number of para-hydroxylation sites is 2. The predicted molar refractivity (Wildman–Crippen MR) is 102 cm³/mol. The molecule has 0 unspecified atom stereocenters. The van der Waals surface area contributed by atoms with E-state index < -0.39 is 0 Å². The summed E-state index contributed by atoms with van der Waals surface area (Å²) in [5, 5.41) is 4.11. The summed E-state index contributed by atoms with van der Waals surface area (Å²) >= 11 is 1.84. The molecular weight excluding hydrogens is 332 g/mol. The van der Waals surface area contributed by atoms with E-state index in [-0.39, 0.29) is 11.9 Å². The number of nitrogens with one attached hydrogen (secondary N) is 1. The fourth-order valence-electron chi connectivity index (χ4n) is 3.14. The Morgan fingerprint density at radius 3 is 2.92 bits per heavy atom. The largest absolute Gasteiger partial charge is 0.459 e. The molecule has 0 saturated carbocycles. The highest BCUT2D eigenvalue weighted by molar-refractivity contribution is 7.99. The van der Waals surface area contributed by atoms with E-state index in [9.17, 15) is 4.79 Å². The average Bonchev–Trinajstić information content (AvgIpc) is 3.06. The molecule has 25 heavy (non-hydrogen) atoms. The van der Waals surface area contributed by atoms with Gasteiger partial charge in [-0.15, -0.1) is 11.8 Å². The Morgan fingerprint density at radius 1 is 1.24 bits per heavy atom. The Labute approximate surface area is 151 Å². The number of furan rings is 1. The number of rotatable bonds is 4. The summed E-state index contributed by atoms with van der Waals surface area (Å²) in [4.78, 5) is 15.9. The van der Waals surface area contributed by atoms with E-state index in [2.05, 4.69) is 22.3 Å². The second kappa shape index (κ2) is 6.84. The lowest BCUT2D eigenvalue weighted by Crippen LogP contribution is -2.40. The first-order valence-electron chi connectivity index (χ1n) is 8.45. The van der Waals surface area contributed by atoms with Crippen molar-refractivity contribution in [2.24, 2.45) is 0 Å². The molecule has 1 amide bonds. The van der Waals surface area contributed by atoms with E-state index in [1.54, 1.807) is 0 Å². The fraction of sp³-hybridized carbons (Fsp3) is 0.250. The third-order valence-electron chi connectivity index (χ3n) is 4.41. The highest BCUT2D eigenvalue weighted by atomic mass is 32.2. The van der Waals surface area contributed by atoms with Gasteiger partial charge in [-0.3, -0.25) is 4.79 Å². The number of amides is 1. The van der Waals surface area contributed by atoms with Gasteiger partial charge < -0.3 is 14.6 Å². The lowest BCUT2D eigenvalue weighted by Gasteiger charge is -2.30. The van der Waals surface area contributed by atoms with Crippen LogP contribution < -0.4 is 10.2 Å². The van der Waals surface area contributed by atoms with Crippen LogP contribution in [0.2, 0.25) is 0 Å². The normalized spacial score (nSPS) is 15.0. The van der Waals surface area contributed by atoms with E-state index >= 15 is 0 Å². The Kier molecular flexibility index (Phi) is 4.40. The van der Waals surface area contributed by atoms with Crippen molar-refractivity contribution in [2.45, 2.75) is 17.9 Å². The van der Waals surface area contributed by atoms with Gasteiger partial charge in [0.2, 0.25) is 5.91 Å². The van der Waals surface area contributed by atoms with Crippen molar-refractivity contribution in [2.75, 3.05) is 23.7 Å². The van der Waals surface area contributed by atoms with Crippen LogP contribution >= 0.6 is 11.8 Å². The molecule has 4 rings (SSSR count). The number of anilines is 1. The quantitative estimate of drug-likeness (QED) is 0.763. The summed E-state index contributed by atoms with van der Waals surface area (Å²) in [7, 11) is 0. The lowest BCUT2D eigenvalue weighted by molar-refractivity contribution is -0.120. The van der Waals surface area contributed by atoms with Gasteiger partial charge in [0.25, 0.3) is 0 Å². The summed E-state index contributed by atoms with van der Waals surface area (Å²) in [5.41, 5.74) is 1.99. The van der Waals surface area contributed by atoms with Gasteiger partial charge in [0, 0.05) is 22.6 Å². The van der Waals surface area contributed by atoms with Crippen LogP contribution in [0, 0.1) is 0 Å². The van der Waals surface area contributed by atoms with Crippen molar-refractivity contribution >= 4 is 34.3 Å². The summed E-state index contributed by atoms with van der Waals surface area (Å²) in [5.74, 6) is 1.79. The first-order valence-corrected chi connectivity index (χ1v) is 9.44. The van der Waals surface area contributed by atoms with Crippen LogP contribution in [0.4, 0.5) is 5.69 Å². The van der Waals surface area contributed by atoms with Crippen LogP contribution in [-0.2, 0) is 4.79 Å². The van der Waals surface area contributed by atoms with E-state index in [1.165, 1.54) is 4.90 Å². The molecule has 128 valence electrons. The molecule has 3 aromatic rings. The Bertz CT molecular complexity index is 872. The van der Waals surface area contributed by atoms with Crippen molar-refractivity contribution < 1.29 is 9.21 Å². The fourth-order valence-corrected chi connectivity index (χ4v) is 4.19. The average molecular weight is 352 g/mol. The molecule has 1 aliphatic heterocycles. The first-order chi connectivity index (χ1) is 12.2. The molecule has 1 atom stereocenters. The highest BCUT2D eigenvalue weighted by Crippen LogP contribution is 2.34. The van der Waals surface area contributed by atoms with Crippen LogP contribution in [0.5, 0.6) is 0 Å². The van der Waals surface area contributed by atoms with Crippen molar-refractivity contribution in [3.8, 4) is 0 Å². The minimum atomic E-state index is -0.158. The monoisotopic (exact) mass is 352 g/mol. The summed E-state index contributed by atoms with van der Waals surface area (Å²) < 4.78 is 5.85. The zero-order valence-corrected chi connectivity index (χ0v) is 14.9. The molecule has 5 heteroatoms. The third-order valence-corrected chi connectivity index (χ3v) is 5.45. The molecule has 1 aromatic heterocycles. The summed E-state index contributed by atoms with van der Waals surface area (Å²) in [6, 6.07) is 18.0. The van der Waals surface area contributed by atoms with Gasteiger partial charge in [-0.1, -0.05) is 30.3 Å². The van der Waals surface area contributed by atoms with Gasteiger partial charge in [-0.05, 0) is 31.2 Å². The standard InChI is InChI=1S/C20H20N2O2S/c1-14(18-12-15-6-2-4-8-17(15)24-18)21-20(23)13-22-10-11-25-19-9-5-3-7-16(19)22/h2-9,12,14H,10-11,13H2,1H3,(H,21,23)/t14-/m1/s1. The number of hydrogen-bond acceptors (Lipinski definition) is 4. The predicted octanol–water partition coefficient (Wildman–Crippen LogP) is 4.22. The Hall–Kier alpha value is -2.40. The molecule has 0 fully saturated rings. The van der Waals surface area contributed by atoms with Crippen molar-refractivity contribution in [3.63, 3.8) is 0 Å². The minimum absolute atomic E-state index is 0.00894. The number of fused-ring (bicyclic) bond motifs is 2. The molecule has 2 heterocycles. The van der Waals surface area contributed by atoms with Crippen LogP contribution in [0.3, 0.4) is 0 Å². The zero-order valence-electron chi connectivity index (χ0n) is 14.1. The van der Waals surface area contributed by atoms with Gasteiger partial charge in [0.05, 0.1) is 18.3 Å². The molecule has 2 aromatic carbocycles. The maximum absolute atomic E-state index is 12.5. The molecule has 0 saturated heterocycles. The molecule has 4 nitrogen and oxygen atoms in total. The molecule has 0 bridgehead atoms. The van der Waals surface area contributed by atoms with Crippen LogP contribution in [-0.4, -0.2) is 24.7 Å². The zero-order chi connectivity index (χ0) is 17.2. The summed E-state index contributed by atoms with van der Waals surface area (Å²) in [6.07, 6.45) is 0. The molecule has 0 radical (unpaired) electrons. The smallest absolute Gasteiger partial charge is 0.240 e. The number of thioether (sulfide) groups is 1. The first kappa shape index (κ1) is 16.1. The van der Waals surface area contributed by atoms with E-state index in [0.717, 1.165) is 34.7 Å². The van der Waals surface area contributed by atoms with Gasteiger partial charge in [-0.2, -0.15) is 0 Å². The second-order valence-corrected chi connectivity index (χ2v) is 7.35. The molecular formula is C20H20N2O2S. The van der Waals surface area contributed by atoms with Crippen molar-refractivity contribution in [3.05, 3.63) is 60.4 Å². The van der Waals surface area contributed by atoms with Gasteiger partial charge in [-0.25, -0.2) is 0 Å². The van der Waals surface area contributed by atoms with Crippen molar-refractivity contribution in [1.82, 2.24) is 5.32 Å². The van der Waals surface area contributed by atoms with Crippen LogP contribution in [0.25, 0.3) is 11.0 Å². The Balaban J connectivity index is 1.44. The maximum atomic E-state index is 12.5. The Morgan fingerprint density at radius 2 is 2.04 bits per heavy atom. The molecule has 0 spiro atoms. The number of nitrogens with zero attached hydrogens (tertiary/aromatic N) is 1. The van der Waals surface area contributed by atoms with Gasteiger partial charge >= 0.3 is 0 Å². The number of hydrogen-bond donors (Lipinski definition) is 1. The SMILES string of the molecule is C[C@@H](NC(=O)CN1CCSc2ccccc21)c1cc2ccccc2o1. The number of carbonyl (C=O) groups excluding carboxylic acids is 1. The lowest BCUT2D eigenvalue weighted by atomic mass is 10.2. The number of benzene rings is 2. The van der Waals surface area contributed by atoms with Gasteiger partial charge in [0.1, 0.15) is 11.3 Å². The third kappa shape index (κ3) is 3.37. The maximum Gasteiger partial charge on any atom is 0.240 e. The topological polar surface area (TPSA) is 45.5 Å². The van der Waals surface area contributed by atoms with E-state index in [0.29, 0.717) is 6.54 Å². The number of carbonyl (C=O) groups is 1. The van der Waals surface area contributed by atoms with E-state index in [4.69, 9.17) is 4.42 Å². The molecule has 0 aliphatic carbocycles. The van der Waals surface area contributed by atoms with Crippen LogP contribution in [0.1, 0.15) is 18.7 Å². The highest BCUT2D eigenvalue weighted by Gasteiger charge is 2.21.